The van der Waals surface area contributed by atoms with Crippen LogP contribution in [-0.2, 0) is 13.6 Å². The monoisotopic (exact) mass is 222 g/mol. The summed E-state index contributed by atoms with van der Waals surface area (Å²) in [4.78, 5) is 9.17. The van der Waals surface area contributed by atoms with Crippen LogP contribution in [0.2, 0.25) is 0 Å². The van der Waals surface area contributed by atoms with E-state index in [2.05, 4.69) is 6.92 Å². The number of hydrogen-bond donors (Lipinski definition) is 1. The van der Waals surface area contributed by atoms with Crippen LogP contribution in [0.4, 0.5) is 0 Å². The minimum atomic E-state index is -3.73. The molecule has 1 aliphatic rings. The lowest BCUT2D eigenvalue weighted by atomic mass is 9.96. The second-order valence-corrected chi connectivity index (χ2v) is 5.12. The molecule has 1 fully saturated rings. The van der Waals surface area contributed by atoms with Crippen molar-refractivity contribution in [2.24, 2.45) is 5.92 Å². The van der Waals surface area contributed by atoms with Crippen molar-refractivity contribution in [1.82, 2.24) is 0 Å². The first-order valence-electron chi connectivity index (χ1n) is 5.24. The van der Waals surface area contributed by atoms with E-state index in [1.54, 1.807) is 0 Å². The molecule has 5 heteroatoms. The molecule has 84 valence electrons. The topological polar surface area (TPSA) is 55.8 Å². The fraction of sp³-hybridized carbons (Fsp3) is 1.00. The summed E-state index contributed by atoms with van der Waals surface area (Å²) in [5.74, 6) is 0.260. The van der Waals surface area contributed by atoms with Crippen LogP contribution in [0.5, 0.6) is 0 Å². The van der Waals surface area contributed by atoms with Gasteiger partial charge in [-0.15, -0.1) is 0 Å². The van der Waals surface area contributed by atoms with Gasteiger partial charge in [-0.1, -0.05) is 26.7 Å². The molecule has 0 bridgehead atoms. The van der Waals surface area contributed by atoms with Crippen molar-refractivity contribution in [3.05, 3.63) is 0 Å². The summed E-state index contributed by atoms with van der Waals surface area (Å²) >= 11 is 0. The fourth-order valence-electron chi connectivity index (χ4n) is 1.66. The lowest BCUT2D eigenvalue weighted by Crippen LogP contribution is -2.31. The van der Waals surface area contributed by atoms with E-state index >= 15 is 0 Å². The largest absolute Gasteiger partial charge is 0.472 e. The zero-order valence-corrected chi connectivity index (χ0v) is 9.70. The van der Waals surface area contributed by atoms with Crippen LogP contribution in [0.25, 0.3) is 0 Å². The van der Waals surface area contributed by atoms with Crippen LogP contribution in [0.15, 0.2) is 0 Å². The lowest BCUT2D eigenvalue weighted by Gasteiger charge is -2.32. The Morgan fingerprint density at radius 2 is 2.21 bits per heavy atom. The van der Waals surface area contributed by atoms with Gasteiger partial charge >= 0.3 is 7.82 Å². The molecule has 0 spiro atoms. The Balaban J connectivity index is 2.51. The maximum atomic E-state index is 11.2. The summed E-state index contributed by atoms with van der Waals surface area (Å²) in [5.41, 5.74) is 0. The van der Waals surface area contributed by atoms with Crippen molar-refractivity contribution in [3.63, 3.8) is 0 Å². The van der Waals surface area contributed by atoms with E-state index in [1.807, 2.05) is 6.92 Å². The molecule has 14 heavy (non-hydrogen) atoms. The SMILES string of the molecule is CCCCC1OP(=O)(O)OCC1CC. The average Bonchev–Trinajstić information content (AvgIpc) is 2.14. The molecular formula is C9H19O4P. The second kappa shape index (κ2) is 5.26. The summed E-state index contributed by atoms with van der Waals surface area (Å²) in [6.45, 7) is 4.49. The van der Waals surface area contributed by atoms with Gasteiger partial charge < -0.3 is 4.89 Å². The predicted molar refractivity (Wildman–Crippen MR) is 54.0 cm³/mol. The van der Waals surface area contributed by atoms with Gasteiger partial charge in [-0.3, -0.25) is 9.05 Å². The normalized spacial score (nSPS) is 38.5. The van der Waals surface area contributed by atoms with Gasteiger partial charge in [0, 0.05) is 5.92 Å². The third-order valence-corrected chi connectivity index (χ3v) is 3.63. The molecule has 1 saturated heterocycles. The summed E-state index contributed by atoms with van der Waals surface area (Å²) in [6, 6.07) is 0. The molecule has 1 aliphatic heterocycles. The van der Waals surface area contributed by atoms with Gasteiger partial charge in [0.2, 0.25) is 0 Å². The first-order chi connectivity index (χ1) is 6.59. The van der Waals surface area contributed by atoms with Crippen molar-refractivity contribution in [2.45, 2.75) is 45.6 Å². The molecule has 1 N–H and O–H groups in total. The lowest BCUT2D eigenvalue weighted by molar-refractivity contribution is -0.00585. The number of hydrogen-bond acceptors (Lipinski definition) is 3. The standard InChI is InChI=1S/C9H19O4P/c1-3-5-6-9-8(4-2)7-12-14(10,11)13-9/h8-9H,3-7H2,1-2H3,(H,10,11). The Hall–Kier alpha value is 0.110. The Morgan fingerprint density at radius 1 is 1.50 bits per heavy atom. The maximum Gasteiger partial charge on any atom is 0.472 e. The predicted octanol–water partition coefficient (Wildman–Crippen LogP) is 2.72. The number of unbranched alkanes of at least 4 members (excludes halogenated alkanes) is 1. The highest BCUT2D eigenvalue weighted by molar-refractivity contribution is 7.47. The third kappa shape index (κ3) is 3.35. The van der Waals surface area contributed by atoms with Crippen LogP contribution in [-0.4, -0.2) is 17.6 Å². The van der Waals surface area contributed by atoms with E-state index in [-0.39, 0.29) is 12.0 Å². The molecular weight excluding hydrogens is 203 g/mol. The molecule has 4 nitrogen and oxygen atoms in total. The molecule has 0 amide bonds. The van der Waals surface area contributed by atoms with Crippen molar-refractivity contribution in [2.75, 3.05) is 6.61 Å². The van der Waals surface area contributed by atoms with Crippen molar-refractivity contribution < 1.29 is 18.5 Å². The molecule has 0 aromatic rings. The molecule has 0 radical (unpaired) electrons. The van der Waals surface area contributed by atoms with Gasteiger partial charge in [0.05, 0.1) is 12.7 Å². The molecule has 0 aromatic carbocycles. The highest BCUT2D eigenvalue weighted by atomic mass is 31.2. The van der Waals surface area contributed by atoms with Crippen molar-refractivity contribution in [3.8, 4) is 0 Å². The van der Waals surface area contributed by atoms with Crippen LogP contribution in [0.3, 0.4) is 0 Å². The highest BCUT2D eigenvalue weighted by Crippen LogP contribution is 2.50. The van der Waals surface area contributed by atoms with Crippen LogP contribution >= 0.6 is 7.82 Å². The summed E-state index contributed by atoms with van der Waals surface area (Å²) < 4.78 is 21.0. The summed E-state index contributed by atoms with van der Waals surface area (Å²) in [5, 5.41) is 0. The van der Waals surface area contributed by atoms with Gasteiger partial charge in [-0.25, -0.2) is 4.57 Å². The summed E-state index contributed by atoms with van der Waals surface area (Å²) in [7, 11) is -3.73. The third-order valence-electron chi connectivity index (χ3n) is 2.61. The van der Waals surface area contributed by atoms with E-state index in [0.717, 1.165) is 25.7 Å². The minimum absolute atomic E-state index is 0.107. The second-order valence-electron chi connectivity index (χ2n) is 3.72. The van der Waals surface area contributed by atoms with E-state index in [1.165, 1.54) is 0 Å². The Morgan fingerprint density at radius 3 is 2.79 bits per heavy atom. The number of phosphoric ester groups is 1. The fourth-order valence-corrected chi connectivity index (χ4v) is 2.72. The molecule has 3 unspecified atom stereocenters. The summed E-state index contributed by atoms with van der Waals surface area (Å²) in [6.07, 6.45) is 3.77. The Labute approximate surface area is 85.2 Å². The quantitative estimate of drug-likeness (QED) is 0.743. The first kappa shape index (κ1) is 12.2. The maximum absolute atomic E-state index is 11.2. The van der Waals surface area contributed by atoms with Gasteiger partial charge in [0.25, 0.3) is 0 Å². The average molecular weight is 222 g/mol. The molecule has 0 aromatic heterocycles. The molecule has 0 aliphatic carbocycles. The van der Waals surface area contributed by atoms with Gasteiger partial charge in [0.15, 0.2) is 0 Å². The van der Waals surface area contributed by atoms with Crippen molar-refractivity contribution in [1.29, 1.82) is 0 Å². The van der Waals surface area contributed by atoms with Gasteiger partial charge in [-0.05, 0) is 12.8 Å². The first-order valence-corrected chi connectivity index (χ1v) is 6.74. The molecule has 3 atom stereocenters. The Kier molecular flexibility index (Phi) is 4.58. The molecule has 1 heterocycles. The van der Waals surface area contributed by atoms with Crippen molar-refractivity contribution >= 4 is 7.82 Å². The van der Waals surface area contributed by atoms with Gasteiger partial charge in [-0.2, -0.15) is 0 Å². The molecule has 1 rings (SSSR count). The Bertz CT molecular complexity index is 219. The zero-order chi connectivity index (χ0) is 10.6. The minimum Gasteiger partial charge on any atom is -0.302 e. The van der Waals surface area contributed by atoms with Crippen LogP contribution in [0, 0.1) is 5.92 Å². The van der Waals surface area contributed by atoms with Crippen LogP contribution < -0.4 is 0 Å². The van der Waals surface area contributed by atoms with E-state index in [9.17, 15) is 4.57 Å². The van der Waals surface area contributed by atoms with Crippen LogP contribution in [0.1, 0.15) is 39.5 Å². The highest BCUT2D eigenvalue weighted by Gasteiger charge is 2.36. The van der Waals surface area contributed by atoms with E-state index < -0.39 is 7.82 Å². The number of phosphoric acid groups is 1. The van der Waals surface area contributed by atoms with Gasteiger partial charge in [0.1, 0.15) is 0 Å². The zero-order valence-electron chi connectivity index (χ0n) is 8.81. The van der Waals surface area contributed by atoms with E-state index in [4.69, 9.17) is 13.9 Å². The smallest absolute Gasteiger partial charge is 0.302 e. The van der Waals surface area contributed by atoms with E-state index in [0.29, 0.717) is 6.61 Å². The number of rotatable bonds is 4. The molecule has 0 saturated carbocycles.